The summed E-state index contributed by atoms with van der Waals surface area (Å²) in [4.78, 5) is 26.2. The maximum absolute atomic E-state index is 12.6. The molecule has 30 heavy (non-hydrogen) atoms. The van der Waals surface area contributed by atoms with Gasteiger partial charge in [-0.1, -0.05) is 12.1 Å². The highest BCUT2D eigenvalue weighted by atomic mass is 19.4. The fraction of sp³-hybridized carbons (Fsp3) is 0.364. The molecule has 1 aliphatic rings. The van der Waals surface area contributed by atoms with Gasteiger partial charge in [-0.05, 0) is 67.6 Å². The van der Waals surface area contributed by atoms with E-state index < -0.39 is 23.6 Å². The number of carbonyl (C=O) groups excluding carboxylic acids is 2. The number of halogens is 3. The van der Waals surface area contributed by atoms with Crippen molar-refractivity contribution in [3.8, 4) is 0 Å². The fourth-order valence-corrected chi connectivity index (χ4v) is 3.36. The van der Waals surface area contributed by atoms with Crippen LogP contribution in [0.2, 0.25) is 0 Å². The van der Waals surface area contributed by atoms with Crippen LogP contribution < -0.4 is 15.5 Å². The van der Waals surface area contributed by atoms with Gasteiger partial charge in [0, 0.05) is 31.0 Å². The van der Waals surface area contributed by atoms with Crippen molar-refractivity contribution in [2.24, 2.45) is 0 Å². The third kappa shape index (κ3) is 5.98. The van der Waals surface area contributed by atoms with Gasteiger partial charge in [-0.3, -0.25) is 9.59 Å². The molecule has 1 saturated heterocycles. The number of hydrogen-bond donors (Lipinski definition) is 2. The second-order valence-electron chi connectivity index (χ2n) is 7.25. The second-order valence-corrected chi connectivity index (χ2v) is 7.25. The molecule has 160 valence electrons. The number of hydrogen-bond acceptors (Lipinski definition) is 3. The Morgan fingerprint density at radius 1 is 0.867 bits per heavy atom. The lowest BCUT2D eigenvalue weighted by molar-refractivity contribution is -0.137. The van der Waals surface area contributed by atoms with Gasteiger partial charge in [0.15, 0.2) is 0 Å². The molecule has 2 aromatic carbocycles. The van der Waals surface area contributed by atoms with Crippen LogP contribution in [0.5, 0.6) is 0 Å². The number of piperidine rings is 1. The summed E-state index contributed by atoms with van der Waals surface area (Å²) in [5.74, 6) is -1.75. The minimum Gasteiger partial charge on any atom is -0.372 e. The number of anilines is 2. The van der Waals surface area contributed by atoms with E-state index in [0.29, 0.717) is 6.42 Å². The molecule has 0 atom stereocenters. The van der Waals surface area contributed by atoms with Crippen molar-refractivity contribution in [1.29, 1.82) is 0 Å². The zero-order valence-electron chi connectivity index (χ0n) is 16.5. The molecule has 0 spiro atoms. The van der Waals surface area contributed by atoms with Gasteiger partial charge in [0.05, 0.1) is 5.56 Å². The van der Waals surface area contributed by atoms with E-state index >= 15 is 0 Å². The van der Waals surface area contributed by atoms with Crippen LogP contribution in [-0.4, -0.2) is 31.4 Å². The Kier molecular flexibility index (Phi) is 6.97. The lowest BCUT2D eigenvalue weighted by Crippen LogP contribution is -2.36. The summed E-state index contributed by atoms with van der Waals surface area (Å²) in [6.45, 7) is 2.43. The van der Waals surface area contributed by atoms with Gasteiger partial charge in [0.25, 0.3) is 0 Å². The van der Waals surface area contributed by atoms with Crippen LogP contribution in [0.1, 0.15) is 30.4 Å². The number of rotatable bonds is 5. The van der Waals surface area contributed by atoms with E-state index in [1.54, 1.807) is 0 Å². The number of carbonyl (C=O) groups is 2. The zero-order valence-corrected chi connectivity index (χ0v) is 16.5. The molecule has 0 saturated carbocycles. The van der Waals surface area contributed by atoms with Crippen LogP contribution in [0.15, 0.2) is 48.5 Å². The lowest BCUT2D eigenvalue weighted by atomic mass is 10.1. The van der Waals surface area contributed by atoms with E-state index in [0.717, 1.165) is 42.9 Å². The van der Waals surface area contributed by atoms with Crippen molar-refractivity contribution < 1.29 is 22.8 Å². The van der Waals surface area contributed by atoms with Crippen LogP contribution in [0, 0.1) is 0 Å². The summed E-state index contributed by atoms with van der Waals surface area (Å²) in [5, 5.41) is 4.81. The third-order valence-corrected chi connectivity index (χ3v) is 5.03. The standard InChI is InChI=1S/C22H24F3N3O2/c23-22(24,25)17-6-8-18(9-7-17)27-21(30)20(29)26-13-12-16-4-10-19(11-5-16)28-14-2-1-3-15-28/h4-11H,1-3,12-15H2,(H,26,29)(H,27,30). The molecular weight excluding hydrogens is 395 g/mol. The average Bonchev–Trinajstić information content (AvgIpc) is 2.74. The highest BCUT2D eigenvalue weighted by Crippen LogP contribution is 2.29. The summed E-state index contributed by atoms with van der Waals surface area (Å²) in [6, 6.07) is 12.1. The molecule has 2 N–H and O–H groups in total. The van der Waals surface area contributed by atoms with Gasteiger partial charge in [-0.15, -0.1) is 0 Å². The Morgan fingerprint density at radius 3 is 2.10 bits per heavy atom. The summed E-state index contributed by atoms with van der Waals surface area (Å²) in [5.41, 5.74) is 1.53. The SMILES string of the molecule is O=C(NCCc1ccc(N2CCCCC2)cc1)C(=O)Nc1ccc(C(F)(F)F)cc1. The first-order chi connectivity index (χ1) is 14.3. The topological polar surface area (TPSA) is 61.4 Å². The summed E-state index contributed by atoms with van der Waals surface area (Å²) in [6.07, 6.45) is -0.184. The molecule has 0 aliphatic carbocycles. The molecule has 2 aromatic rings. The van der Waals surface area contributed by atoms with E-state index in [-0.39, 0.29) is 12.2 Å². The van der Waals surface area contributed by atoms with Crippen molar-refractivity contribution in [2.75, 3.05) is 29.9 Å². The van der Waals surface area contributed by atoms with E-state index in [9.17, 15) is 22.8 Å². The summed E-state index contributed by atoms with van der Waals surface area (Å²) < 4.78 is 37.7. The predicted octanol–water partition coefficient (Wildman–Crippen LogP) is 3.99. The number of nitrogens with one attached hydrogen (secondary N) is 2. The monoisotopic (exact) mass is 419 g/mol. The molecule has 1 aliphatic heterocycles. The van der Waals surface area contributed by atoms with Gasteiger partial charge >= 0.3 is 18.0 Å². The molecular formula is C22H24F3N3O2. The number of amides is 2. The van der Waals surface area contributed by atoms with Crippen LogP contribution >= 0.6 is 0 Å². The van der Waals surface area contributed by atoms with Crippen LogP contribution in [-0.2, 0) is 22.2 Å². The molecule has 2 amide bonds. The number of nitrogens with zero attached hydrogens (tertiary/aromatic N) is 1. The normalized spacial score (nSPS) is 14.3. The largest absolute Gasteiger partial charge is 0.416 e. The van der Waals surface area contributed by atoms with Crippen LogP contribution in [0.4, 0.5) is 24.5 Å². The van der Waals surface area contributed by atoms with Gasteiger partial charge < -0.3 is 15.5 Å². The third-order valence-electron chi connectivity index (χ3n) is 5.03. The van der Waals surface area contributed by atoms with E-state index in [1.165, 1.54) is 24.9 Å². The van der Waals surface area contributed by atoms with E-state index in [2.05, 4.69) is 27.7 Å². The maximum Gasteiger partial charge on any atom is 0.416 e. The molecule has 0 unspecified atom stereocenters. The van der Waals surface area contributed by atoms with Crippen LogP contribution in [0.3, 0.4) is 0 Å². The highest BCUT2D eigenvalue weighted by Gasteiger charge is 2.30. The summed E-state index contributed by atoms with van der Waals surface area (Å²) in [7, 11) is 0. The Labute approximate surface area is 173 Å². The lowest BCUT2D eigenvalue weighted by Gasteiger charge is -2.28. The fourth-order valence-electron chi connectivity index (χ4n) is 3.36. The van der Waals surface area contributed by atoms with Crippen LogP contribution in [0.25, 0.3) is 0 Å². The first kappa shape index (κ1) is 21.7. The minimum atomic E-state index is -4.45. The molecule has 0 bridgehead atoms. The van der Waals surface area contributed by atoms with Crippen molar-refractivity contribution in [1.82, 2.24) is 5.32 Å². The molecule has 1 heterocycles. The molecule has 8 heteroatoms. The summed E-state index contributed by atoms with van der Waals surface area (Å²) >= 11 is 0. The maximum atomic E-state index is 12.6. The minimum absolute atomic E-state index is 0.122. The van der Waals surface area contributed by atoms with Crippen molar-refractivity contribution in [3.05, 3.63) is 59.7 Å². The first-order valence-corrected chi connectivity index (χ1v) is 9.93. The zero-order chi connectivity index (χ0) is 21.6. The highest BCUT2D eigenvalue weighted by molar-refractivity contribution is 6.39. The molecule has 1 fully saturated rings. The average molecular weight is 419 g/mol. The first-order valence-electron chi connectivity index (χ1n) is 9.93. The van der Waals surface area contributed by atoms with Gasteiger partial charge in [0.2, 0.25) is 0 Å². The second kappa shape index (κ2) is 9.65. The Hall–Kier alpha value is -3.03. The Morgan fingerprint density at radius 2 is 1.50 bits per heavy atom. The van der Waals surface area contributed by atoms with E-state index in [1.807, 2.05) is 12.1 Å². The smallest absolute Gasteiger partial charge is 0.372 e. The van der Waals surface area contributed by atoms with Gasteiger partial charge in [0.1, 0.15) is 0 Å². The van der Waals surface area contributed by atoms with Crippen molar-refractivity contribution in [2.45, 2.75) is 31.9 Å². The predicted molar refractivity (Wildman–Crippen MR) is 109 cm³/mol. The number of alkyl halides is 3. The van der Waals surface area contributed by atoms with Gasteiger partial charge in [-0.2, -0.15) is 13.2 Å². The van der Waals surface area contributed by atoms with Crippen molar-refractivity contribution >= 4 is 23.2 Å². The molecule has 0 radical (unpaired) electrons. The van der Waals surface area contributed by atoms with Gasteiger partial charge in [-0.25, -0.2) is 0 Å². The Balaban J connectivity index is 1.43. The quantitative estimate of drug-likeness (QED) is 0.721. The molecule has 5 nitrogen and oxygen atoms in total. The Bertz CT molecular complexity index is 859. The molecule has 3 rings (SSSR count). The van der Waals surface area contributed by atoms with E-state index in [4.69, 9.17) is 0 Å². The molecule has 0 aromatic heterocycles. The van der Waals surface area contributed by atoms with Crippen molar-refractivity contribution in [3.63, 3.8) is 0 Å². The number of benzene rings is 2.